The van der Waals surface area contributed by atoms with E-state index in [0.29, 0.717) is 0 Å². The van der Waals surface area contributed by atoms with Crippen LogP contribution in [0.15, 0.2) is 73.1 Å². The van der Waals surface area contributed by atoms with Crippen LogP contribution in [0.25, 0.3) is 0 Å². The van der Waals surface area contributed by atoms with Crippen LogP contribution in [0.1, 0.15) is 11.1 Å². The molecule has 1 aromatic carbocycles. The van der Waals surface area contributed by atoms with Gasteiger partial charge in [-0.15, -0.1) is 20.5 Å². The number of aromatic amines is 2. The van der Waals surface area contributed by atoms with E-state index in [0.717, 1.165) is 24.7 Å². The van der Waals surface area contributed by atoms with Gasteiger partial charge in [0.2, 0.25) is 0 Å². The quantitative estimate of drug-likeness (QED) is 0.330. The molecule has 3 aromatic rings. The van der Waals surface area contributed by atoms with Crippen LogP contribution in [0.4, 0.5) is 11.6 Å². The zero-order valence-corrected chi connectivity index (χ0v) is 17.9. The van der Waals surface area contributed by atoms with Crippen molar-refractivity contribution in [3.63, 3.8) is 0 Å². The Morgan fingerprint density at radius 1 is 0.562 bits per heavy atom. The number of nitrogens with one attached hydrogen (secondary N) is 4. The molecular formula is C18H20Cl2N4O8. The first-order valence-corrected chi connectivity index (χ1v) is 11.1. The first kappa shape index (κ1) is 27.4. The molecule has 0 amide bonds. The molecule has 0 aliphatic rings. The van der Waals surface area contributed by atoms with Crippen molar-refractivity contribution in [3.8, 4) is 0 Å². The molecule has 0 aliphatic carbocycles. The summed E-state index contributed by atoms with van der Waals surface area (Å²) < 4.78 is 67.9. The molecule has 0 bridgehead atoms. The average molecular weight is 491 g/mol. The summed E-state index contributed by atoms with van der Waals surface area (Å²) in [6.07, 6.45) is 3.83. The first-order chi connectivity index (χ1) is 14.9. The Hall–Kier alpha value is -2.62. The molecule has 174 valence electrons. The lowest BCUT2D eigenvalue weighted by Gasteiger charge is -2.17. The fraction of sp³-hybridized carbons (Fsp3) is 0.111. The van der Waals surface area contributed by atoms with Gasteiger partial charge in [-0.3, -0.25) is 10.6 Å². The van der Waals surface area contributed by atoms with Crippen LogP contribution in [0.5, 0.6) is 0 Å². The van der Waals surface area contributed by atoms with Crippen molar-refractivity contribution in [1.82, 2.24) is 0 Å². The predicted octanol–water partition coefficient (Wildman–Crippen LogP) is -6.97. The van der Waals surface area contributed by atoms with Crippen molar-refractivity contribution < 1.29 is 67.7 Å². The van der Waals surface area contributed by atoms with Gasteiger partial charge in [-0.25, -0.2) is 47.2 Å². The van der Waals surface area contributed by atoms with Crippen LogP contribution in [0.2, 0.25) is 0 Å². The second-order valence-corrected chi connectivity index (χ2v) is 7.35. The third-order valence-electron chi connectivity index (χ3n) is 3.38. The summed E-state index contributed by atoms with van der Waals surface area (Å²) >= 11 is 0. The van der Waals surface area contributed by atoms with Crippen molar-refractivity contribution >= 4 is 11.6 Å². The Morgan fingerprint density at radius 2 is 0.938 bits per heavy atom. The minimum atomic E-state index is -4.94. The number of hydrogen-bond acceptors (Lipinski definition) is 10. The highest BCUT2D eigenvalue weighted by atomic mass is 35.7. The summed E-state index contributed by atoms with van der Waals surface area (Å²) in [5, 5.41) is 6.76. The lowest BCUT2D eigenvalue weighted by atomic mass is 10.1. The van der Waals surface area contributed by atoms with E-state index in [1.54, 1.807) is 0 Å². The monoisotopic (exact) mass is 490 g/mol. The SMILES string of the molecule is [O-][Cl+3]([O-])([O-])[O-].[O-][Cl+3]([O-])([O-])[O-].c1ccc(NCc2cccc(CNc3cccc[nH+]3)c2)[nH+]c1. The molecule has 0 atom stereocenters. The van der Waals surface area contributed by atoms with Crippen molar-refractivity contribution in [3.05, 3.63) is 84.2 Å². The second kappa shape index (κ2) is 13.7. The predicted molar refractivity (Wildman–Crippen MR) is 87.1 cm³/mol. The Labute approximate surface area is 187 Å². The number of halogens is 2. The molecule has 14 heteroatoms. The van der Waals surface area contributed by atoms with E-state index in [9.17, 15) is 0 Å². The van der Waals surface area contributed by atoms with E-state index in [2.05, 4.69) is 44.9 Å². The van der Waals surface area contributed by atoms with Gasteiger partial charge in [-0.1, -0.05) is 30.3 Å². The maximum Gasteiger partial charge on any atom is 0.272 e. The van der Waals surface area contributed by atoms with Crippen LogP contribution in [-0.4, -0.2) is 0 Å². The average Bonchev–Trinajstić information content (AvgIpc) is 2.70. The Morgan fingerprint density at radius 3 is 1.25 bits per heavy atom. The molecular weight excluding hydrogens is 471 g/mol. The number of benzene rings is 1. The minimum absolute atomic E-state index is 0.797. The van der Waals surface area contributed by atoms with Crippen LogP contribution in [0.3, 0.4) is 0 Å². The van der Waals surface area contributed by atoms with E-state index in [-0.39, 0.29) is 0 Å². The van der Waals surface area contributed by atoms with Crippen molar-refractivity contribution in [1.29, 1.82) is 0 Å². The maximum atomic E-state index is 8.49. The molecule has 3 rings (SSSR count). The zero-order chi connectivity index (χ0) is 24.0. The summed E-state index contributed by atoms with van der Waals surface area (Å²) in [4.78, 5) is 6.34. The largest absolute Gasteiger partial charge is 0.272 e. The Bertz CT molecular complexity index is 814. The zero-order valence-electron chi connectivity index (χ0n) is 16.4. The van der Waals surface area contributed by atoms with E-state index in [1.165, 1.54) is 11.1 Å². The van der Waals surface area contributed by atoms with Crippen LogP contribution < -0.4 is 57.9 Å². The number of pyridine rings is 2. The summed E-state index contributed by atoms with van der Waals surface area (Å²) in [6, 6.07) is 20.6. The third kappa shape index (κ3) is 17.1. The number of rotatable bonds is 6. The van der Waals surface area contributed by atoms with Crippen LogP contribution in [0, 0.1) is 20.5 Å². The number of hydrogen-bond donors (Lipinski definition) is 2. The van der Waals surface area contributed by atoms with E-state index >= 15 is 0 Å². The van der Waals surface area contributed by atoms with Gasteiger partial charge >= 0.3 is 0 Å². The van der Waals surface area contributed by atoms with Crippen molar-refractivity contribution in [2.24, 2.45) is 0 Å². The fourth-order valence-corrected chi connectivity index (χ4v) is 2.25. The van der Waals surface area contributed by atoms with Gasteiger partial charge in [0.15, 0.2) is 0 Å². The highest BCUT2D eigenvalue weighted by Crippen LogP contribution is 2.09. The molecule has 4 N–H and O–H groups in total. The summed E-state index contributed by atoms with van der Waals surface area (Å²) in [6.45, 7) is 1.59. The summed E-state index contributed by atoms with van der Waals surface area (Å²) in [5.74, 6) is 2.04. The standard InChI is InChI=1S/C18H18N4.2ClHO4/c1-3-10-19-17(8-1)21-13-15-6-5-7-16(12-15)14-22-18-9-2-4-11-20-18;2*2-1(3,4)5/h1-12H,13-14H2,(H,19,21)(H,20,22);2*(H,2,3,4,5). The van der Waals surface area contributed by atoms with Gasteiger partial charge < -0.3 is 0 Å². The molecule has 0 saturated heterocycles. The van der Waals surface area contributed by atoms with E-state index in [1.807, 2.05) is 48.8 Å². The van der Waals surface area contributed by atoms with Crippen molar-refractivity contribution in [2.45, 2.75) is 13.1 Å². The summed E-state index contributed by atoms with van der Waals surface area (Å²) in [5.41, 5.74) is 2.52. The molecule has 0 saturated carbocycles. The third-order valence-corrected chi connectivity index (χ3v) is 3.38. The van der Waals surface area contributed by atoms with Gasteiger partial charge in [0.25, 0.3) is 11.6 Å². The molecule has 2 heterocycles. The number of H-pyrrole nitrogens is 2. The molecule has 0 aliphatic heterocycles. The van der Waals surface area contributed by atoms with E-state index in [4.69, 9.17) is 37.3 Å². The number of anilines is 2. The van der Waals surface area contributed by atoms with Gasteiger partial charge in [0, 0.05) is 12.1 Å². The van der Waals surface area contributed by atoms with Gasteiger partial charge in [0.1, 0.15) is 13.1 Å². The smallest absolute Gasteiger partial charge is 0.270 e. The lowest BCUT2D eigenvalue weighted by molar-refractivity contribution is -2.00. The van der Waals surface area contributed by atoms with Crippen LogP contribution >= 0.6 is 0 Å². The molecule has 0 spiro atoms. The maximum absolute atomic E-state index is 8.49. The molecule has 2 aromatic heterocycles. The first-order valence-electron chi connectivity index (χ1n) is 8.62. The van der Waals surface area contributed by atoms with Gasteiger partial charge in [0.05, 0.1) is 12.4 Å². The van der Waals surface area contributed by atoms with E-state index < -0.39 is 20.5 Å². The van der Waals surface area contributed by atoms with Gasteiger partial charge in [-0.05, 0) is 29.3 Å². The molecule has 0 fully saturated rings. The highest BCUT2D eigenvalue weighted by molar-refractivity contribution is 5.33. The highest BCUT2D eigenvalue weighted by Gasteiger charge is 2.04. The fourth-order valence-electron chi connectivity index (χ4n) is 2.25. The number of aromatic nitrogens is 2. The molecule has 0 radical (unpaired) electrons. The van der Waals surface area contributed by atoms with Gasteiger partial charge in [-0.2, -0.15) is 0 Å². The Balaban J connectivity index is 0.000000431. The van der Waals surface area contributed by atoms with Crippen molar-refractivity contribution in [2.75, 3.05) is 10.6 Å². The topological polar surface area (TPSA) is 237 Å². The summed E-state index contributed by atoms with van der Waals surface area (Å²) in [7, 11) is -9.89. The molecule has 0 unspecified atom stereocenters. The van der Waals surface area contributed by atoms with Crippen LogP contribution in [-0.2, 0) is 13.1 Å². The Kier molecular flexibility index (Phi) is 11.8. The molecule has 12 nitrogen and oxygen atoms in total. The minimum Gasteiger partial charge on any atom is -0.270 e. The molecule has 32 heavy (non-hydrogen) atoms. The second-order valence-electron chi connectivity index (χ2n) is 5.84. The normalized spacial score (nSPS) is 10.8. The lowest BCUT2D eigenvalue weighted by Crippen LogP contribution is -2.68.